The lowest BCUT2D eigenvalue weighted by atomic mass is 10.00. The molecule has 0 aromatic heterocycles. The third kappa shape index (κ3) is 2.81. The van der Waals surface area contributed by atoms with Crippen molar-refractivity contribution in [2.45, 2.75) is 12.5 Å². The number of hydrogen-bond donors (Lipinski definition) is 2. The van der Waals surface area contributed by atoms with E-state index in [1.165, 1.54) is 0 Å². The minimum absolute atomic E-state index is 0.0717. The van der Waals surface area contributed by atoms with Gasteiger partial charge in [-0.05, 0) is 24.3 Å². The van der Waals surface area contributed by atoms with Crippen LogP contribution in [0.1, 0.15) is 28.4 Å². The van der Waals surface area contributed by atoms with Gasteiger partial charge in [0, 0.05) is 22.7 Å². The van der Waals surface area contributed by atoms with E-state index in [1.807, 2.05) is 24.3 Å². The molecule has 1 aliphatic rings. The van der Waals surface area contributed by atoms with Crippen LogP contribution in [0.2, 0.25) is 5.02 Å². The molecule has 2 aromatic carbocycles. The molecule has 0 bridgehead atoms. The summed E-state index contributed by atoms with van der Waals surface area (Å²) in [5.74, 6) is 0.615. The van der Waals surface area contributed by atoms with Gasteiger partial charge in [-0.15, -0.1) is 0 Å². The number of amides is 1. The third-order valence-electron chi connectivity index (χ3n) is 3.52. The van der Waals surface area contributed by atoms with E-state index in [0.29, 0.717) is 22.9 Å². The Labute approximate surface area is 127 Å². The van der Waals surface area contributed by atoms with Gasteiger partial charge in [-0.25, -0.2) is 0 Å². The van der Waals surface area contributed by atoms with E-state index < -0.39 is 0 Å². The lowest BCUT2D eigenvalue weighted by molar-refractivity contribution is 0.0925. The second-order valence-corrected chi connectivity index (χ2v) is 5.37. The lowest BCUT2D eigenvalue weighted by Gasteiger charge is -2.26. The number of rotatable bonds is 2. The smallest absolute Gasteiger partial charge is 0.253 e. The summed E-state index contributed by atoms with van der Waals surface area (Å²) in [4.78, 5) is 12.4. The van der Waals surface area contributed by atoms with Crippen molar-refractivity contribution in [3.63, 3.8) is 0 Å². The highest BCUT2D eigenvalue weighted by molar-refractivity contribution is 6.31. The number of ether oxygens (including phenoxy) is 1. The van der Waals surface area contributed by atoms with Crippen LogP contribution in [0.4, 0.5) is 5.69 Å². The quantitative estimate of drug-likeness (QED) is 0.837. The number of benzene rings is 2. The molecule has 0 saturated carbocycles. The van der Waals surface area contributed by atoms with Gasteiger partial charge in [0.1, 0.15) is 5.75 Å². The fraction of sp³-hybridized carbons (Fsp3) is 0.188. The first-order chi connectivity index (χ1) is 10.1. The van der Waals surface area contributed by atoms with Crippen LogP contribution in [0.25, 0.3) is 0 Å². The molecule has 21 heavy (non-hydrogen) atoms. The van der Waals surface area contributed by atoms with Crippen molar-refractivity contribution < 1.29 is 9.53 Å². The molecule has 4 nitrogen and oxygen atoms in total. The van der Waals surface area contributed by atoms with Gasteiger partial charge in [-0.2, -0.15) is 0 Å². The minimum Gasteiger partial charge on any atom is -0.493 e. The molecule has 3 rings (SSSR count). The van der Waals surface area contributed by atoms with Crippen LogP contribution in [-0.4, -0.2) is 12.5 Å². The fourth-order valence-corrected chi connectivity index (χ4v) is 2.65. The number of para-hydroxylation sites is 1. The molecule has 1 heterocycles. The van der Waals surface area contributed by atoms with E-state index in [-0.39, 0.29) is 11.9 Å². The van der Waals surface area contributed by atoms with E-state index in [2.05, 4.69) is 5.32 Å². The number of carbonyl (C=O) groups is 1. The molecule has 0 spiro atoms. The van der Waals surface area contributed by atoms with Crippen LogP contribution >= 0.6 is 11.6 Å². The Kier molecular flexibility index (Phi) is 3.71. The molecule has 2 aromatic rings. The monoisotopic (exact) mass is 302 g/mol. The lowest BCUT2D eigenvalue weighted by Crippen LogP contribution is -2.32. The van der Waals surface area contributed by atoms with E-state index in [0.717, 1.165) is 17.7 Å². The first kappa shape index (κ1) is 13.8. The molecule has 1 atom stereocenters. The summed E-state index contributed by atoms with van der Waals surface area (Å²) in [7, 11) is 0. The molecule has 1 aliphatic heterocycles. The van der Waals surface area contributed by atoms with Crippen LogP contribution in [0.5, 0.6) is 5.75 Å². The number of hydrogen-bond acceptors (Lipinski definition) is 3. The van der Waals surface area contributed by atoms with Crippen molar-refractivity contribution in [1.82, 2.24) is 5.32 Å². The number of anilines is 1. The van der Waals surface area contributed by atoms with Gasteiger partial charge in [0.25, 0.3) is 5.91 Å². The van der Waals surface area contributed by atoms with E-state index in [1.54, 1.807) is 18.2 Å². The van der Waals surface area contributed by atoms with Gasteiger partial charge in [0.15, 0.2) is 0 Å². The first-order valence-electron chi connectivity index (χ1n) is 6.73. The second-order valence-electron chi connectivity index (χ2n) is 4.93. The van der Waals surface area contributed by atoms with Gasteiger partial charge in [-0.3, -0.25) is 4.79 Å². The molecular formula is C16H15ClN2O2. The summed E-state index contributed by atoms with van der Waals surface area (Å²) < 4.78 is 5.59. The van der Waals surface area contributed by atoms with Crippen LogP contribution in [0, 0.1) is 0 Å². The van der Waals surface area contributed by atoms with E-state index >= 15 is 0 Å². The average Bonchev–Trinajstić information content (AvgIpc) is 2.47. The zero-order chi connectivity index (χ0) is 14.8. The highest BCUT2D eigenvalue weighted by Gasteiger charge is 2.23. The Morgan fingerprint density at radius 3 is 2.90 bits per heavy atom. The summed E-state index contributed by atoms with van der Waals surface area (Å²) >= 11 is 5.85. The molecule has 0 saturated heterocycles. The maximum atomic E-state index is 12.4. The standard InChI is InChI=1S/C16H15ClN2O2/c17-10-5-6-11(13(18)9-10)16(20)19-14-7-8-21-15-4-2-1-3-12(14)15/h1-6,9,14H,7-8,18H2,(H,19,20). The molecule has 1 unspecified atom stereocenters. The molecule has 0 fully saturated rings. The normalized spacial score (nSPS) is 16.7. The van der Waals surface area contributed by atoms with Crippen molar-refractivity contribution in [3.05, 3.63) is 58.6 Å². The van der Waals surface area contributed by atoms with Gasteiger partial charge in [-0.1, -0.05) is 29.8 Å². The average molecular weight is 303 g/mol. The molecule has 5 heteroatoms. The number of nitrogens with one attached hydrogen (secondary N) is 1. The van der Waals surface area contributed by atoms with Crippen molar-refractivity contribution >= 4 is 23.2 Å². The Morgan fingerprint density at radius 1 is 1.29 bits per heavy atom. The second kappa shape index (κ2) is 5.66. The number of nitrogens with two attached hydrogens (primary N) is 1. The zero-order valence-electron chi connectivity index (χ0n) is 11.3. The SMILES string of the molecule is Nc1cc(Cl)ccc1C(=O)NC1CCOc2ccccc21. The summed E-state index contributed by atoms with van der Waals surface area (Å²) in [5, 5.41) is 3.52. The van der Waals surface area contributed by atoms with Crippen LogP contribution < -0.4 is 15.8 Å². The van der Waals surface area contributed by atoms with Crippen molar-refractivity contribution in [1.29, 1.82) is 0 Å². The number of carbonyl (C=O) groups excluding carboxylic acids is 1. The Balaban J connectivity index is 1.83. The van der Waals surface area contributed by atoms with Crippen molar-refractivity contribution in [2.75, 3.05) is 12.3 Å². The maximum Gasteiger partial charge on any atom is 0.253 e. The van der Waals surface area contributed by atoms with Crippen molar-refractivity contribution in [2.24, 2.45) is 0 Å². The van der Waals surface area contributed by atoms with Crippen LogP contribution in [0.15, 0.2) is 42.5 Å². The summed E-state index contributed by atoms with van der Waals surface area (Å²) in [5.41, 5.74) is 7.65. The molecule has 3 N–H and O–H groups in total. The fourth-order valence-electron chi connectivity index (χ4n) is 2.47. The topological polar surface area (TPSA) is 64.4 Å². The van der Waals surface area contributed by atoms with Crippen LogP contribution in [-0.2, 0) is 0 Å². The summed E-state index contributed by atoms with van der Waals surface area (Å²) in [6.07, 6.45) is 0.732. The van der Waals surface area contributed by atoms with Gasteiger partial charge < -0.3 is 15.8 Å². The highest BCUT2D eigenvalue weighted by atomic mass is 35.5. The molecule has 0 radical (unpaired) electrons. The molecule has 108 valence electrons. The van der Waals surface area contributed by atoms with Gasteiger partial charge in [0.2, 0.25) is 0 Å². The predicted octanol–water partition coefficient (Wildman–Crippen LogP) is 3.18. The maximum absolute atomic E-state index is 12.4. The Bertz CT molecular complexity index is 688. The number of fused-ring (bicyclic) bond motifs is 1. The largest absolute Gasteiger partial charge is 0.493 e. The summed E-state index contributed by atoms with van der Waals surface area (Å²) in [6.45, 7) is 0.581. The third-order valence-corrected chi connectivity index (χ3v) is 3.76. The first-order valence-corrected chi connectivity index (χ1v) is 7.10. The Morgan fingerprint density at radius 2 is 2.10 bits per heavy atom. The zero-order valence-corrected chi connectivity index (χ0v) is 12.1. The van der Waals surface area contributed by atoms with Gasteiger partial charge >= 0.3 is 0 Å². The minimum atomic E-state index is -0.203. The van der Waals surface area contributed by atoms with E-state index in [4.69, 9.17) is 22.1 Å². The highest BCUT2D eigenvalue weighted by Crippen LogP contribution is 2.32. The summed E-state index contributed by atoms with van der Waals surface area (Å²) in [6, 6.07) is 12.5. The van der Waals surface area contributed by atoms with Crippen LogP contribution in [0.3, 0.4) is 0 Å². The van der Waals surface area contributed by atoms with Crippen molar-refractivity contribution in [3.8, 4) is 5.75 Å². The number of halogens is 1. The molecular weight excluding hydrogens is 288 g/mol. The predicted molar refractivity (Wildman–Crippen MR) is 82.6 cm³/mol. The van der Waals surface area contributed by atoms with Gasteiger partial charge in [0.05, 0.1) is 18.2 Å². The van der Waals surface area contributed by atoms with E-state index in [9.17, 15) is 4.79 Å². The number of nitrogen functional groups attached to an aromatic ring is 1. The molecule has 1 amide bonds. The molecule has 0 aliphatic carbocycles. The Hall–Kier alpha value is -2.20.